The van der Waals surface area contributed by atoms with Gasteiger partial charge in [0.2, 0.25) is 5.91 Å². The summed E-state index contributed by atoms with van der Waals surface area (Å²) in [6.07, 6.45) is 0.0569. The van der Waals surface area contributed by atoms with Crippen LogP contribution in [0.5, 0.6) is 0 Å². The van der Waals surface area contributed by atoms with Crippen molar-refractivity contribution < 1.29 is 13.6 Å². The number of nitrogens with zero attached hydrogens (tertiary/aromatic N) is 1. The van der Waals surface area contributed by atoms with E-state index in [1.165, 1.54) is 17.4 Å². The Balaban J connectivity index is 2.04. The molecule has 1 amide bonds. The lowest BCUT2D eigenvalue weighted by atomic mass is 10.3. The van der Waals surface area contributed by atoms with Gasteiger partial charge in [-0.2, -0.15) is 8.78 Å². The maximum atomic E-state index is 12.4. The lowest BCUT2D eigenvalue weighted by Gasteiger charge is -2.09. The van der Waals surface area contributed by atoms with Crippen LogP contribution in [0.15, 0.2) is 34.5 Å². The predicted molar refractivity (Wildman–Crippen MR) is 77.2 cm³/mol. The zero-order valence-electron chi connectivity index (χ0n) is 10.2. The Bertz CT molecular complexity index is 604. The molecule has 0 unspecified atom stereocenters. The van der Waals surface area contributed by atoms with Gasteiger partial charge in [0.25, 0.3) is 5.76 Å². The Hall–Kier alpha value is -1.67. The Kier molecular flexibility index (Phi) is 4.91. The van der Waals surface area contributed by atoms with Gasteiger partial charge in [-0.25, -0.2) is 4.98 Å². The van der Waals surface area contributed by atoms with E-state index in [0.29, 0.717) is 33.2 Å². The fraction of sp³-hybridized carbons (Fsp3) is 0.167. The largest absolute Gasteiger partial charge is 0.375 e. The number of aromatic nitrogens is 1. The van der Waals surface area contributed by atoms with E-state index in [1.807, 2.05) is 0 Å². The number of nitrogens with two attached hydrogens (primary N) is 1. The summed E-state index contributed by atoms with van der Waals surface area (Å²) in [5.74, 6) is -2.86. The average Bonchev–Trinajstić information content (AvgIpc) is 2.76. The smallest absolute Gasteiger partial charge is 0.288 e. The van der Waals surface area contributed by atoms with Crippen molar-refractivity contribution in [3.8, 4) is 0 Å². The van der Waals surface area contributed by atoms with Crippen LogP contribution in [0.4, 0.5) is 19.6 Å². The standard InChI is InChI=1S/C12H11F2N3OS2/c13-11(14)20-9-4-2-1-3-8(9)17-10(18)5-7-6-19-12(15)16-7/h1-4,6,11H,5H2,(H2,15,16)(H,17,18). The van der Waals surface area contributed by atoms with Gasteiger partial charge in [-0.3, -0.25) is 4.79 Å². The minimum atomic E-state index is -2.54. The molecule has 106 valence electrons. The maximum absolute atomic E-state index is 12.4. The number of carbonyl (C=O) groups is 1. The third-order valence-electron chi connectivity index (χ3n) is 2.29. The van der Waals surface area contributed by atoms with E-state index in [0.717, 1.165) is 0 Å². The predicted octanol–water partition coefficient (Wildman–Crippen LogP) is 3.22. The van der Waals surface area contributed by atoms with Crippen LogP contribution in [0.25, 0.3) is 0 Å². The van der Waals surface area contributed by atoms with Gasteiger partial charge < -0.3 is 11.1 Å². The number of nitrogen functional groups attached to an aromatic ring is 1. The number of thioether (sulfide) groups is 1. The number of anilines is 2. The van der Waals surface area contributed by atoms with Gasteiger partial charge in [-0.05, 0) is 12.1 Å². The molecule has 1 heterocycles. The molecule has 20 heavy (non-hydrogen) atoms. The third kappa shape index (κ3) is 4.17. The third-order valence-corrected chi connectivity index (χ3v) is 3.80. The second-order valence-corrected chi connectivity index (χ2v) is 5.70. The number of halogens is 2. The van der Waals surface area contributed by atoms with Crippen LogP contribution in [-0.2, 0) is 11.2 Å². The first kappa shape index (κ1) is 14.7. The topological polar surface area (TPSA) is 68.0 Å². The molecular weight excluding hydrogens is 304 g/mol. The highest BCUT2D eigenvalue weighted by Gasteiger charge is 2.12. The second-order valence-electron chi connectivity index (χ2n) is 3.78. The molecule has 2 rings (SSSR count). The highest BCUT2D eigenvalue weighted by Crippen LogP contribution is 2.31. The van der Waals surface area contributed by atoms with Gasteiger partial charge in [0.15, 0.2) is 5.13 Å². The van der Waals surface area contributed by atoms with Crippen LogP contribution in [0, 0.1) is 0 Å². The molecule has 0 aliphatic rings. The number of hydrogen-bond acceptors (Lipinski definition) is 5. The number of benzene rings is 1. The van der Waals surface area contributed by atoms with Gasteiger partial charge >= 0.3 is 0 Å². The van der Waals surface area contributed by atoms with E-state index in [2.05, 4.69) is 10.3 Å². The SMILES string of the molecule is Nc1nc(CC(=O)Nc2ccccc2SC(F)F)cs1. The Morgan fingerprint density at radius 3 is 2.85 bits per heavy atom. The summed E-state index contributed by atoms with van der Waals surface area (Å²) in [5.41, 5.74) is 6.40. The summed E-state index contributed by atoms with van der Waals surface area (Å²) in [5, 5.41) is 4.68. The number of nitrogens with one attached hydrogen (secondary N) is 1. The van der Waals surface area contributed by atoms with Crippen LogP contribution < -0.4 is 11.1 Å². The molecule has 1 aromatic carbocycles. The molecular formula is C12H11F2N3OS2. The van der Waals surface area contributed by atoms with Crippen molar-refractivity contribution >= 4 is 39.8 Å². The second kappa shape index (κ2) is 6.67. The molecule has 1 aromatic heterocycles. The van der Waals surface area contributed by atoms with Crippen molar-refractivity contribution in [3.05, 3.63) is 35.3 Å². The van der Waals surface area contributed by atoms with Crippen molar-refractivity contribution in [2.24, 2.45) is 0 Å². The number of carbonyl (C=O) groups excluding carboxylic acids is 1. The van der Waals surface area contributed by atoms with E-state index < -0.39 is 5.76 Å². The fourth-order valence-electron chi connectivity index (χ4n) is 1.53. The van der Waals surface area contributed by atoms with Gasteiger partial charge in [-0.15, -0.1) is 11.3 Å². The molecule has 0 fully saturated rings. The number of thiazole rings is 1. The summed E-state index contributed by atoms with van der Waals surface area (Å²) >= 11 is 1.64. The number of para-hydroxylation sites is 1. The summed E-state index contributed by atoms with van der Waals surface area (Å²) in [7, 11) is 0. The molecule has 0 spiro atoms. The van der Waals surface area contributed by atoms with Gasteiger partial charge in [0.1, 0.15) is 0 Å². The Morgan fingerprint density at radius 2 is 2.20 bits per heavy atom. The Labute approximate surface area is 122 Å². The Morgan fingerprint density at radius 1 is 1.45 bits per heavy atom. The fourth-order valence-corrected chi connectivity index (χ4v) is 2.69. The highest BCUT2D eigenvalue weighted by atomic mass is 32.2. The van der Waals surface area contributed by atoms with Gasteiger partial charge in [0, 0.05) is 10.3 Å². The van der Waals surface area contributed by atoms with Crippen LogP contribution in [-0.4, -0.2) is 16.6 Å². The van der Waals surface area contributed by atoms with E-state index in [-0.39, 0.29) is 12.3 Å². The number of rotatable bonds is 5. The van der Waals surface area contributed by atoms with E-state index in [9.17, 15) is 13.6 Å². The molecule has 2 aromatic rings. The highest BCUT2D eigenvalue weighted by molar-refractivity contribution is 7.99. The van der Waals surface area contributed by atoms with Gasteiger partial charge in [-0.1, -0.05) is 23.9 Å². The molecule has 0 atom stereocenters. The van der Waals surface area contributed by atoms with Crippen LogP contribution in [0.1, 0.15) is 5.69 Å². The van der Waals surface area contributed by atoms with Crippen molar-refractivity contribution in [1.29, 1.82) is 0 Å². The monoisotopic (exact) mass is 315 g/mol. The van der Waals surface area contributed by atoms with Crippen LogP contribution in [0.3, 0.4) is 0 Å². The van der Waals surface area contributed by atoms with E-state index >= 15 is 0 Å². The molecule has 4 nitrogen and oxygen atoms in total. The van der Waals surface area contributed by atoms with Crippen molar-refractivity contribution in [3.63, 3.8) is 0 Å². The lowest BCUT2D eigenvalue weighted by Crippen LogP contribution is -2.15. The first-order chi connectivity index (χ1) is 9.54. The van der Waals surface area contributed by atoms with Crippen molar-refractivity contribution in [2.45, 2.75) is 17.1 Å². The zero-order valence-corrected chi connectivity index (χ0v) is 11.8. The molecule has 8 heteroatoms. The van der Waals surface area contributed by atoms with E-state index in [4.69, 9.17) is 5.73 Å². The summed E-state index contributed by atoms with van der Waals surface area (Å²) in [6.45, 7) is 0. The molecule has 0 radical (unpaired) electrons. The molecule has 3 N–H and O–H groups in total. The first-order valence-corrected chi connectivity index (χ1v) is 7.34. The minimum Gasteiger partial charge on any atom is -0.375 e. The van der Waals surface area contributed by atoms with Crippen molar-refractivity contribution in [1.82, 2.24) is 4.98 Å². The van der Waals surface area contributed by atoms with Crippen LogP contribution in [0.2, 0.25) is 0 Å². The summed E-state index contributed by atoms with van der Waals surface area (Å²) in [4.78, 5) is 16.1. The molecule has 0 aliphatic carbocycles. The summed E-state index contributed by atoms with van der Waals surface area (Å²) in [6, 6.07) is 6.43. The van der Waals surface area contributed by atoms with Gasteiger partial charge in [0.05, 0.1) is 17.8 Å². The minimum absolute atomic E-state index is 0.0569. The maximum Gasteiger partial charge on any atom is 0.288 e. The lowest BCUT2D eigenvalue weighted by molar-refractivity contribution is -0.115. The van der Waals surface area contributed by atoms with Crippen LogP contribution >= 0.6 is 23.1 Å². The molecule has 0 saturated heterocycles. The molecule has 0 saturated carbocycles. The van der Waals surface area contributed by atoms with Crippen molar-refractivity contribution in [2.75, 3.05) is 11.1 Å². The van der Waals surface area contributed by atoms with E-state index in [1.54, 1.807) is 23.6 Å². The zero-order chi connectivity index (χ0) is 14.5. The number of amides is 1. The number of alkyl halides is 2. The first-order valence-electron chi connectivity index (χ1n) is 5.58. The molecule has 0 aliphatic heterocycles. The average molecular weight is 315 g/mol. The quantitative estimate of drug-likeness (QED) is 0.831. The number of hydrogen-bond donors (Lipinski definition) is 2. The molecule has 0 bridgehead atoms. The normalized spacial score (nSPS) is 10.8. The summed E-state index contributed by atoms with van der Waals surface area (Å²) < 4.78 is 24.8.